The lowest BCUT2D eigenvalue weighted by Gasteiger charge is -2.14. The predicted octanol–water partition coefficient (Wildman–Crippen LogP) is 3.76. The normalized spacial score (nSPS) is 12.2. The Hall–Kier alpha value is -3.54. The van der Waals surface area contributed by atoms with Crippen LogP contribution in [0.1, 0.15) is 18.4 Å². The molecule has 1 amide bonds. The topological polar surface area (TPSA) is 87.0 Å². The SMILES string of the molecule is COc1ccc2cc([C@@H](C)C(=O)Nc3ccc4[nH]c(=O)[nH]c4c3)ccc2c1. The highest BCUT2D eigenvalue weighted by Gasteiger charge is 2.16. The maximum Gasteiger partial charge on any atom is 0.323 e. The van der Waals surface area contributed by atoms with Gasteiger partial charge in [-0.05, 0) is 53.6 Å². The van der Waals surface area contributed by atoms with Crippen molar-refractivity contribution in [2.45, 2.75) is 12.8 Å². The number of ether oxygens (including phenoxy) is 1. The van der Waals surface area contributed by atoms with Crippen LogP contribution in [0.25, 0.3) is 21.8 Å². The molecular weight excluding hydrogens is 342 g/mol. The first-order chi connectivity index (χ1) is 13.0. The number of fused-ring (bicyclic) bond motifs is 2. The van der Waals surface area contributed by atoms with Crippen molar-refractivity contribution < 1.29 is 9.53 Å². The molecule has 0 aliphatic heterocycles. The predicted molar refractivity (Wildman–Crippen MR) is 106 cm³/mol. The van der Waals surface area contributed by atoms with E-state index in [1.165, 1.54) is 0 Å². The summed E-state index contributed by atoms with van der Waals surface area (Å²) < 4.78 is 5.25. The number of methoxy groups -OCH3 is 1. The minimum Gasteiger partial charge on any atom is -0.497 e. The van der Waals surface area contributed by atoms with Crippen LogP contribution in [0.5, 0.6) is 5.75 Å². The molecule has 0 saturated heterocycles. The Morgan fingerprint density at radius 1 is 0.963 bits per heavy atom. The first-order valence-electron chi connectivity index (χ1n) is 8.64. The molecule has 0 spiro atoms. The molecule has 1 heterocycles. The van der Waals surface area contributed by atoms with Crippen molar-refractivity contribution in [3.8, 4) is 5.75 Å². The molecule has 4 rings (SSSR count). The quantitative estimate of drug-likeness (QED) is 0.517. The van der Waals surface area contributed by atoms with E-state index >= 15 is 0 Å². The molecule has 0 aliphatic rings. The summed E-state index contributed by atoms with van der Waals surface area (Å²) in [4.78, 5) is 29.4. The first kappa shape index (κ1) is 16.9. The molecule has 1 atom stereocenters. The average molecular weight is 361 g/mol. The van der Waals surface area contributed by atoms with Gasteiger partial charge in [0.2, 0.25) is 5.91 Å². The standard InChI is InChI=1S/C21H19N3O3/c1-12(13-3-4-15-10-17(27-2)7-5-14(15)9-13)20(25)22-16-6-8-18-19(11-16)24-21(26)23-18/h3-12H,1-2H3,(H,22,25)(H2,23,24,26)/t12-/m1/s1. The van der Waals surface area contributed by atoms with Crippen LogP contribution in [0, 0.1) is 0 Å². The third-order valence-electron chi connectivity index (χ3n) is 4.75. The molecule has 0 radical (unpaired) electrons. The van der Waals surface area contributed by atoms with Gasteiger partial charge in [-0.15, -0.1) is 0 Å². The highest BCUT2D eigenvalue weighted by atomic mass is 16.5. The number of nitrogens with one attached hydrogen (secondary N) is 3. The van der Waals surface area contributed by atoms with Gasteiger partial charge in [-0.1, -0.05) is 24.3 Å². The molecule has 0 saturated carbocycles. The molecule has 4 aromatic rings. The van der Waals surface area contributed by atoms with Crippen LogP contribution in [0.4, 0.5) is 5.69 Å². The molecule has 0 bridgehead atoms. The number of carbonyl (C=O) groups is 1. The highest BCUT2D eigenvalue weighted by molar-refractivity contribution is 5.97. The number of hydrogen-bond donors (Lipinski definition) is 3. The maximum absolute atomic E-state index is 12.7. The van der Waals surface area contributed by atoms with E-state index in [1.807, 2.05) is 43.3 Å². The molecule has 0 fully saturated rings. The number of amides is 1. The molecule has 0 unspecified atom stereocenters. The van der Waals surface area contributed by atoms with E-state index < -0.39 is 0 Å². The fourth-order valence-corrected chi connectivity index (χ4v) is 3.15. The number of anilines is 1. The third-order valence-corrected chi connectivity index (χ3v) is 4.75. The van der Waals surface area contributed by atoms with E-state index in [-0.39, 0.29) is 17.5 Å². The molecule has 6 heteroatoms. The van der Waals surface area contributed by atoms with E-state index in [0.717, 1.165) is 22.1 Å². The van der Waals surface area contributed by atoms with Crippen molar-refractivity contribution in [2.75, 3.05) is 12.4 Å². The van der Waals surface area contributed by atoms with Crippen LogP contribution in [-0.2, 0) is 4.79 Å². The van der Waals surface area contributed by atoms with Crippen molar-refractivity contribution in [1.82, 2.24) is 9.97 Å². The summed E-state index contributed by atoms with van der Waals surface area (Å²) >= 11 is 0. The van der Waals surface area contributed by atoms with E-state index in [0.29, 0.717) is 16.7 Å². The smallest absolute Gasteiger partial charge is 0.323 e. The summed E-state index contributed by atoms with van der Waals surface area (Å²) in [6, 6.07) is 17.1. The van der Waals surface area contributed by atoms with Crippen molar-refractivity contribution in [1.29, 1.82) is 0 Å². The van der Waals surface area contributed by atoms with Gasteiger partial charge in [0.1, 0.15) is 5.75 Å². The van der Waals surface area contributed by atoms with Gasteiger partial charge in [0.15, 0.2) is 0 Å². The Morgan fingerprint density at radius 3 is 2.52 bits per heavy atom. The van der Waals surface area contributed by atoms with Crippen LogP contribution >= 0.6 is 0 Å². The van der Waals surface area contributed by atoms with E-state index in [2.05, 4.69) is 15.3 Å². The van der Waals surface area contributed by atoms with Gasteiger partial charge in [-0.2, -0.15) is 0 Å². The number of hydrogen-bond acceptors (Lipinski definition) is 3. The Balaban J connectivity index is 1.57. The Labute approximate surface area is 155 Å². The lowest BCUT2D eigenvalue weighted by molar-refractivity contribution is -0.117. The summed E-state index contributed by atoms with van der Waals surface area (Å²) in [5.41, 5.74) is 2.66. The number of aromatic amines is 2. The van der Waals surface area contributed by atoms with Gasteiger partial charge in [-0.25, -0.2) is 4.79 Å². The molecule has 0 aliphatic carbocycles. The van der Waals surface area contributed by atoms with E-state index in [1.54, 1.807) is 25.3 Å². The Morgan fingerprint density at radius 2 is 1.70 bits per heavy atom. The zero-order valence-corrected chi connectivity index (χ0v) is 15.0. The lowest BCUT2D eigenvalue weighted by Crippen LogP contribution is -2.18. The molecular formula is C21H19N3O3. The summed E-state index contributed by atoms with van der Waals surface area (Å²) in [6.45, 7) is 1.87. The number of benzene rings is 3. The minimum absolute atomic E-state index is 0.111. The molecule has 3 N–H and O–H groups in total. The monoisotopic (exact) mass is 361 g/mol. The zero-order valence-electron chi connectivity index (χ0n) is 15.0. The fraction of sp³-hybridized carbons (Fsp3) is 0.143. The van der Waals surface area contributed by atoms with Crippen molar-refractivity contribution in [3.05, 3.63) is 70.6 Å². The zero-order chi connectivity index (χ0) is 19.0. The average Bonchev–Trinajstić information content (AvgIpc) is 3.05. The van der Waals surface area contributed by atoms with Gasteiger partial charge in [0, 0.05) is 5.69 Å². The summed E-state index contributed by atoms with van der Waals surface area (Å²) in [7, 11) is 1.64. The molecule has 6 nitrogen and oxygen atoms in total. The second kappa shape index (κ2) is 6.64. The number of carbonyl (C=O) groups excluding carboxylic acids is 1. The Bertz CT molecular complexity index is 1210. The summed E-state index contributed by atoms with van der Waals surface area (Å²) in [5.74, 6) is 0.372. The lowest BCUT2D eigenvalue weighted by atomic mass is 9.97. The second-order valence-corrected chi connectivity index (χ2v) is 6.52. The van der Waals surface area contributed by atoms with E-state index in [9.17, 15) is 9.59 Å². The van der Waals surface area contributed by atoms with Gasteiger partial charge < -0.3 is 20.0 Å². The summed E-state index contributed by atoms with van der Waals surface area (Å²) in [5, 5.41) is 5.03. The largest absolute Gasteiger partial charge is 0.497 e. The summed E-state index contributed by atoms with van der Waals surface area (Å²) in [6.07, 6.45) is 0. The van der Waals surface area contributed by atoms with Crippen LogP contribution < -0.4 is 15.7 Å². The van der Waals surface area contributed by atoms with Gasteiger partial charge in [-0.3, -0.25) is 4.79 Å². The second-order valence-electron chi connectivity index (χ2n) is 6.52. The van der Waals surface area contributed by atoms with Crippen molar-refractivity contribution >= 4 is 33.4 Å². The molecule has 1 aromatic heterocycles. The van der Waals surface area contributed by atoms with Gasteiger partial charge in [0.05, 0.1) is 24.1 Å². The molecule has 136 valence electrons. The van der Waals surface area contributed by atoms with Gasteiger partial charge in [0.25, 0.3) is 0 Å². The van der Waals surface area contributed by atoms with E-state index in [4.69, 9.17) is 4.74 Å². The van der Waals surface area contributed by atoms with Crippen LogP contribution in [-0.4, -0.2) is 23.0 Å². The number of rotatable bonds is 4. The van der Waals surface area contributed by atoms with Crippen LogP contribution in [0.2, 0.25) is 0 Å². The number of imidazole rings is 1. The van der Waals surface area contributed by atoms with Crippen LogP contribution in [0.15, 0.2) is 59.4 Å². The fourth-order valence-electron chi connectivity index (χ4n) is 3.15. The Kier molecular flexibility index (Phi) is 4.16. The number of aromatic nitrogens is 2. The van der Waals surface area contributed by atoms with Crippen molar-refractivity contribution in [3.63, 3.8) is 0 Å². The van der Waals surface area contributed by atoms with Gasteiger partial charge >= 0.3 is 5.69 Å². The highest BCUT2D eigenvalue weighted by Crippen LogP contribution is 2.26. The minimum atomic E-state index is -0.322. The first-order valence-corrected chi connectivity index (χ1v) is 8.64. The maximum atomic E-state index is 12.7. The third kappa shape index (κ3) is 3.29. The van der Waals surface area contributed by atoms with Crippen LogP contribution in [0.3, 0.4) is 0 Å². The number of H-pyrrole nitrogens is 2. The molecule has 3 aromatic carbocycles. The molecule has 27 heavy (non-hydrogen) atoms. The van der Waals surface area contributed by atoms with Crippen molar-refractivity contribution in [2.24, 2.45) is 0 Å².